The van der Waals surface area contributed by atoms with E-state index in [-0.39, 0.29) is 10.9 Å². The molecule has 3 heteroatoms. The van der Waals surface area contributed by atoms with Gasteiger partial charge in [-0.15, -0.1) is 12.6 Å². The van der Waals surface area contributed by atoms with Crippen molar-refractivity contribution in [2.75, 3.05) is 0 Å². The molecule has 2 nitrogen and oxygen atoms in total. The van der Waals surface area contributed by atoms with Crippen molar-refractivity contribution in [1.82, 2.24) is 0 Å². The number of aryl methyl sites for hydroxylation is 1. The Bertz CT molecular complexity index is 294. The normalized spacial score (nSPS) is 9.64. The van der Waals surface area contributed by atoms with Crippen LogP contribution in [0.25, 0.3) is 0 Å². The molecule has 0 radical (unpaired) electrons. The van der Waals surface area contributed by atoms with E-state index < -0.39 is 0 Å². The number of carbonyl (C=O) groups is 1. The van der Waals surface area contributed by atoms with Gasteiger partial charge in [0.05, 0.1) is 0 Å². The summed E-state index contributed by atoms with van der Waals surface area (Å²) < 4.78 is 0. The molecule has 1 aromatic carbocycles. The van der Waals surface area contributed by atoms with Crippen LogP contribution in [0.3, 0.4) is 0 Å². The summed E-state index contributed by atoms with van der Waals surface area (Å²) in [5, 5.41) is 8.71. The number of phenolic OH excluding ortho intramolecular Hbond substituents is 1. The van der Waals surface area contributed by atoms with Gasteiger partial charge in [0.25, 0.3) is 0 Å². The third kappa shape index (κ3) is 1.74. The lowest BCUT2D eigenvalue weighted by atomic mass is 10.1. The summed E-state index contributed by atoms with van der Waals surface area (Å²) in [7, 11) is 0. The fourth-order valence-corrected chi connectivity index (χ4v) is 1.14. The molecule has 0 spiro atoms. The number of rotatable bonds is 1. The number of benzene rings is 1. The molecule has 0 saturated carbocycles. The van der Waals surface area contributed by atoms with Gasteiger partial charge in [0.1, 0.15) is 5.75 Å². The lowest BCUT2D eigenvalue weighted by Gasteiger charge is -1.99. The first-order chi connectivity index (χ1) is 5.11. The monoisotopic (exact) mass is 168 g/mol. The van der Waals surface area contributed by atoms with Crippen molar-refractivity contribution >= 4 is 17.7 Å². The molecular weight excluding hydrogens is 160 g/mol. The van der Waals surface area contributed by atoms with Crippen LogP contribution in [0.2, 0.25) is 0 Å². The Morgan fingerprint density at radius 1 is 1.55 bits per heavy atom. The number of hydrogen-bond donors (Lipinski definition) is 2. The molecule has 11 heavy (non-hydrogen) atoms. The highest BCUT2D eigenvalue weighted by molar-refractivity contribution is 7.97. The van der Waals surface area contributed by atoms with E-state index in [1.54, 1.807) is 13.0 Å². The van der Waals surface area contributed by atoms with E-state index in [0.29, 0.717) is 5.56 Å². The zero-order chi connectivity index (χ0) is 8.43. The SMILES string of the molecule is Cc1cc(O)ccc1C(=O)S. The molecule has 0 aliphatic rings. The number of aromatic hydroxyl groups is 1. The zero-order valence-electron chi connectivity index (χ0n) is 6.03. The molecule has 0 atom stereocenters. The molecule has 0 aromatic heterocycles. The maximum Gasteiger partial charge on any atom is 0.216 e. The van der Waals surface area contributed by atoms with E-state index in [1.807, 2.05) is 0 Å². The van der Waals surface area contributed by atoms with Crippen molar-refractivity contribution in [3.8, 4) is 5.75 Å². The number of phenols is 1. The van der Waals surface area contributed by atoms with Gasteiger partial charge in [-0.3, -0.25) is 4.79 Å². The summed E-state index contributed by atoms with van der Waals surface area (Å²) in [6, 6.07) is 4.56. The van der Waals surface area contributed by atoms with Gasteiger partial charge in [-0.1, -0.05) is 0 Å². The van der Waals surface area contributed by atoms with Crippen LogP contribution in [0, 0.1) is 6.92 Å². The fourth-order valence-electron chi connectivity index (χ4n) is 0.888. The fraction of sp³-hybridized carbons (Fsp3) is 0.125. The van der Waals surface area contributed by atoms with E-state index in [4.69, 9.17) is 5.11 Å². The summed E-state index contributed by atoms with van der Waals surface area (Å²) in [4.78, 5) is 10.8. The molecule has 0 heterocycles. The van der Waals surface area contributed by atoms with Crippen LogP contribution in [-0.2, 0) is 0 Å². The maximum atomic E-state index is 10.8. The van der Waals surface area contributed by atoms with Crippen molar-refractivity contribution in [3.05, 3.63) is 29.3 Å². The quantitative estimate of drug-likeness (QED) is 0.627. The van der Waals surface area contributed by atoms with Crippen molar-refractivity contribution in [2.45, 2.75) is 6.92 Å². The average molecular weight is 168 g/mol. The summed E-state index contributed by atoms with van der Waals surface area (Å²) in [6.07, 6.45) is 0. The lowest BCUT2D eigenvalue weighted by molar-refractivity contribution is 0.109. The summed E-state index contributed by atoms with van der Waals surface area (Å²) in [5.41, 5.74) is 1.27. The van der Waals surface area contributed by atoms with E-state index in [0.717, 1.165) is 5.56 Å². The van der Waals surface area contributed by atoms with Crippen LogP contribution in [0.15, 0.2) is 18.2 Å². The zero-order valence-corrected chi connectivity index (χ0v) is 6.93. The molecule has 1 aromatic rings. The summed E-state index contributed by atoms with van der Waals surface area (Å²) in [5.74, 6) is 0.167. The molecule has 0 bridgehead atoms. The number of thiol groups is 1. The minimum absolute atomic E-state index is 0.167. The molecule has 58 valence electrons. The van der Waals surface area contributed by atoms with Crippen molar-refractivity contribution in [2.24, 2.45) is 0 Å². The van der Waals surface area contributed by atoms with Gasteiger partial charge in [-0.05, 0) is 30.7 Å². The predicted molar refractivity (Wildman–Crippen MR) is 46.2 cm³/mol. The van der Waals surface area contributed by atoms with Gasteiger partial charge >= 0.3 is 0 Å². The van der Waals surface area contributed by atoms with Crippen LogP contribution >= 0.6 is 12.6 Å². The molecule has 1 rings (SSSR count). The van der Waals surface area contributed by atoms with E-state index in [1.165, 1.54) is 12.1 Å². The highest BCUT2D eigenvalue weighted by Crippen LogP contribution is 2.16. The Kier molecular flexibility index (Phi) is 2.19. The Hall–Kier alpha value is -0.960. The van der Waals surface area contributed by atoms with Gasteiger partial charge in [-0.25, -0.2) is 0 Å². The smallest absolute Gasteiger partial charge is 0.216 e. The third-order valence-electron chi connectivity index (χ3n) is 1.44. The van der Waals surface area contributed by atoms with Crippen molar-refractivity contribution < 1.29 is 9.90 Å². The molecule has 0 aliphatic carbocycles. The second-order valence-corrected chi connectivity index (χ2v) is 2.71. The first-order valence-corrected chi connectivity index (χ1v) is 3.59. The van der Waals surface area contributed by atoms with Gasteiger partial charge in [0.2, 0.25) is 5.12 Å². The first kappa shape index (κ1) is 8.14. The average Bonchev–Trinajstić information content (AvgIpc) is 1.85. The molecule has 0 saturated heterocycles. The van der Waals surface area contributed by atoms with E-state index in [2.05, 4.69) is 12.6 Å². The van der Waals surface area contributed by atoms with Gasteiger partial charge in [0, 0.05) is 5.56 Å². The van der Waals surface area contributed by atoms with Crippen molar-refractivity contribution in [3.63, 3.8) is 0 Å². The highest BCUT2D eigenvalue weighted by Gasteiger charge is 2.03. The van der Waals surface area contributed by atoms with Crippen LogP contribution < -0.4 is 0 Å². The molecule has 1 N–H and O–H groups in total. The summed E-state index contributed by atoms with van der Waals surface area (Å²) in [6.45, 7) is 1.75. The van der Waals surface area contributed by atoms with Gasteiger partial charge in [-0.2, -0.15) is 0 Å². The predicted octanol–water partition coefficient (Wildman–Crippen LogP) is 1.77. The minimum atomic E-state index is -0.275. The lowest BCUT2D eigenvalue weighted by Crippen LogP contribution is -1.91. The Labute approximate surface area is 70.3 Å². The standard InChI is InChI=1S/C8H8O2S/c1-5-4-6(9)2-3-7(5)8(10)11/h2-4,9H,1H3,(H,10,11). The third-order valence-corrected chi connectivity index (χ3v) is 1.68. The molecular formula is C8H8O2S. The van der Waals surface area contributed by atoms with E-state index in [9.17, 15) is 4.79 Å². The molecule has 0 unspecified atom stereocenters. The van der Waals surface area contributed by atoms with Crippen LogP contribution in [0.1, 0.15) is 15.9 Å². The Morgan fingerprint density at radius 2 is 2.18 bits per heavy atom. The first-order valence-electron chi connectivity index (χ1n) is 3.14. The topological polar surface area (TPSA) is 37.3 Å². The van der Waals surface area contributed by atoms with E-state index >= 15 is 0 Å². The molecule has 0 aliphatic heterocycles. The molecule has 0 fully saturated rings. The van der Waals surface area contributed by atoms with Crippen LogP contribution in [0.5, 0.6) is 5.75 Å². The highest BCUT2D eigenvalue weighted by atomic mass is 32.1. The Balaban J connectivity index is 3.20. The van der Waals surface area contributed by atoms with Crippen molar-refractivity contribution in [1.29, 1.82) is 0 Å². The Morgan fingerprint density at radius 3 is 2.64 bits per heavy atom. The number of carbonyl (C=O) groups excluding carboxylic acids is 1. The number of hydrogen-bond acceptors (Lipinski definition) is 2. The van der Waals surface area contributed by atoms with Crippen LogP contribution in [-0.4, -0.2) is 10.2 Å². The second-order valence-electron chi connectivity index (χ2n) is 2.30. The molecule has 0 amide bonds. The minimum Gasteiger partial charge on any atom is -0.508 e. The maximum absolute atomic E-state index is 10.8. The largest absolute Gasteiger partial charge is 0.508 e. The summed E-state index contributed by atoms with van der Waals surface area (Å²) >= 11 is 3.67. The second kappa shape index (κ2) is 2.96. The van der Waals surface area contributed by atoms with Gasteiger partial charge in [0.15, 0.2) is 0 Å². The van der Waals surface area contributed by atoms with Crippen LogP contribution in [0.4, 0.5) is 0 Å². The van der Waals surface area contributed by atoms with Gasteiger partial charge < -0.3 is 5.11 Å².